The lowest BCUT2D eigenvalue weighted by atomic mass is 9.87. The first-order chi connectivity index (χ1) is 14.6. The zero-order valence-corrected chi connectivity index (χ0v) is 17.4. The van der Waals surface area contributed by atoms with Crippen molar-refractivity contribution in [2.45, 2.75) is 63.6 Å². The molecule has 0 spiro atoms. The topological polar surface area (TPSA) is 64.7 Å². The summed E-state index contributed by atoms with van der Waals surface area (Å²) in [6.07, 6.45) is 6.25. The van der Waals surface area contributed by atoms with Crippen molar-refractivity contribution in [1.82, 2.24) is 4.98 Å². The number of oxazole rings is 1. The summed E-state index contributed by atoms with van der Waals surface area (Å²) in [5, 5.41) is 9.78. The van der Waals surface area contributed by atoms with Gasteiger partial charge in [0.2, 0.25) is 0 Å². The Labute approximate surface area is 177 Å². The molecule has 30 heavy (non-hydrogen) atoms. The number of aliphatic hydroxyl groups excluding tert-OH is 1. The Morgan fingerprint density at radius 3 is 2.60 bits per heavy atom. The van der Waals surface area contributed by atoms with Crippen molar-refractivity contribution in [3.8, 4) is 11.5 Å². The van der Waals surface area contributed by atoms with Gasteiger partial charge in [0.15, 0.2) is 11.5 Å². The molecule has 2 fully saturated rings. The molecule has 1 heterocycles. The summed E-state index contributed by atoms with van der Waals surface area (Å²) >= 11 is 0. The molecular formula is C25H29NO4. The fourth-order valence-electron chi connectivity index (χ4n) is 4.15. The molecule has 0 amide bonds. The number of hydrogen-bond acceptors (Lipinski definition) is 5. The molecule has 2 aliphatic rings. The van der Waals surface area contributed by atoms with Gasteiger partial charge in [0.1, 0.15) is 17.0 Å². The lowest BCUT2D eigenvalue weighted by molar-refractivity contribution is 0.141. The molecule has 5 rings (SSSR count). The molecule has 1 N–H and O–H groups in total. The maximum Gasteiger partial charge on any atom is 0.198 e. The van der Waals surface area contributed by atoms with Crippen molar-refractivity contribution in [2.24, 2.45) is 5.92 Å². The first-order valence-electron chi connectivity index (χ1n) is 11.1. The molecule has 0 saturated heterocycles. The number of hydrogen-bond donors (Lipinski definition) is 1. The highest BCUT2D eigenvalue weighted by Crippen LogP contribution is 2.36. The third kappa shape index (κ3) is 4.46. The lowest BCUT2D eigenvalue weighted by Gasteiger charge is -2.27. The highest BCUT2D eigenvalue weighted by molar-refractivity contribution is 5.73. The summed E-state index contributed by atoms with van der Waals surface area (Å²) < 4.78 is 18.2. The number of benzene rings is 2. The minimum Gasteiger partial charge on any atom is -0.493 e. The van der Waals surface area contributed by atoms with Gasteiger partial charge in [0, 0.05) is 12.0 Å². The maximum absolute atomic E-state index is 9.78. The predicted molar refractivity (Wildman–Crippen MR) is 115 cm³/mol. The summed E-state index contributed by atoms with van der Waals surface area (Å²) in [6, 6.07) is 13.8. The first kappa shape index (κ1) is 19.4. The van der Waals surface area contributed by atoms with Gasteiger partial charge in [-0.2, -0.15) is 0 Å². The SMILES string of the molecule is C[C@@H](O)c1ccc2nc(C3CCC(Oc4cccc(OCC5CC5)c4)CC3)oc2c1. The van der Waals surface area contributed by atoms with Crippen LogP contribution in [0, 0.1) is 5.92 Å². The molecule has 158 valence electrons. The minimum absolute atomic E-state index is 0.214. The van der Waals surface area contributed by atoms with Gasteiger partial charge in [0.05, 0.1) is 18.8 Å². The van der Waals surface area contributed by atoms with Gasteiger partial charge in [0.25, 0.3) is 0 Å². The fourth-order valence-corrected chi connectivity index (χ4v) is 4.15. The third-order valence-electron chi connectivity index (χ3n) is 6.23. The van der Waals surface area contributed by atoms with Crippen molar-refractivity contribution in [2.75, 3.05) is 6.61 Å². The van der Waals surface area contributed by atoms with Gasteiger partial charge in [-0.25, -0.2) is 4.98 Å². The molecule has 2 aliphatic carbocycles. The summed E-state index contributed by atoms with van der Waals surface area (Å²) in [5.74, 6) is 3.66. The molecule has 0 bridgehead atoms. The molecule has 0 radical (unpaired) electrons. The van der Waals surface area contributed by atoms with Crippen LogP contribution in [0.1, 0.15) is 68.9 Å². The van der Waals surface area contributed by atoms with Crippen molar-refractivity contribution in [3.63, 3.8) is 0 Å². The number of aliphatic hydroxyl groups is 1. The Balaban J connectivity index is 1.18. The Morgan fingerprint density at radius 2 is 1.83 bits per heavy atom. The second kappa shape index (κ2) is 8.31. The standard InChI is InChI=1S/C25H29NO4/c1-16(27)19-9-12-23-24(13-19)30-25(26-23)18-7-10-20(11-8-18)29-22-4-2-3-21(14-22)28-15-17-5-6-17/h2-4,9,12-14,16-18,20,27H,5-8,10-11,15H2,1H3/t16-,18?,20?/m1/s1. The van der Waals surface area contributed by atoms with Gasteiger partial charge < -0.3 is 19.0 Å². The Morgan fingerprint density at radius 1 is 1.03 bits per heavy atom. The van der Waals surface area contributed by atoms with Crippen LogP contribution in [-0.4, -0.2) is 22.8 Å². The van der Waals surface area contributed by atoms with Gasteiger partial charge >= 0.3 is 0 Å². The van der Waals surface area contributed by atoms with Crippen LogP contribution in [0.4, 0.5) is 0 Å². The van der Waals surface area contributed by atoms with Gasteiger partial charge in [-0.15, -0.1) is 0 Å². The third-order valence-corrected chi connectivity index (χ3v) is 6.23. The average molecular weight is 408 g/mol. The molecule has 5 heteroatoms. The summed E-state index contributed by atoms with van der Waals surface area (Å²) in [4.78, 5) is 4.69. The second-order valence-electron chi connectivity index (χ2n) is 8.78. The smallest absolute Gasteiger partial charge is 0.198 e. The zero-order valence-electron chi connectivity index (χ0n) is 17.4. The van der Waals surface area contributed by atoms with E-state index >= 15 is 0 Å². The molecule has 2 aromatic carbocycles. The molecule has 5 nitrogen and oxygen atoms in total. The van der Waals surface area contributed by atoms with Crippen molar-refractivity contribution < 1.29 is 19.0 Å². The van der Waals surface area contributed by atoms with Crippen molar-refractivity contribution >= 4 is 11.1 Å². The normalized spacial score (nSPS) is 22.7. The largest absolute Gasteiger partial charge is 0.493 e. The molecule has 1 atom stereocenters. The Bertz CT molecular complexity index is 999. The molecule has 3 aromatic rings. The van der Waals surface area contributed by atoms with E-state index in [4.69, 9.17) is 18.9 Å². The van der Waals surface area contributed by atoms with Gasteiger partial charge in [-0.1, -0.05) is 12.1 Å². The van der Waals surface area contributed by atoms with E-state index in [1.807, 2.05) is 42.5 Å². The highest BCUT2D eigenvalue weighted by atomic mass is 16.5. The molecule has 0 aliphatic heterocycles. The number of aromatic nitrogens is 1. The van der Waals surface area contributed by atoms with E-state index in [9.17, 15) is 5.11 Å². The van der Waals surface area contributed by atoms with Gasteiger partial charge in [-0.05, 0) is 81.2 Å². The van der Waals surface area contributed by atoms with Crippen LogP contribution in [0.5, 0.6) is 11.5 Å². The van der Waals surface area contributed by atoms with Gasteiger partial charge in [-0.3, -0.25) is 0 Å². The Hall–Kier alpha value is -2.53. The van der Waals surface area contributed by atoms with Crippen molar-refractivity contribution in [3.05, 3.63) is 53.9 Å². The zero-order chi connectivity index (χ0) is 20.5. The number of rotatable bonds is 7. The Kier molecular flexibility index (Phi) is 5.38. The molecule has 0 unspecified atom stereocenters. The van der Waals surface area contributed by atoms with Crippen LogP contribution in [0.15, 0.2) is 46.9 Å². The van der Waals surface area contributed by atoms with Crippen molar-refractivity contribution in [1.29, 1.82) is 0 Å². The number of fused-ring (bicyclic) bond motifs is 1. The number of ether oxygens (including phenoxy) is 2. The van der Waals surface area contributed by atoms with Crippen LogP contribution >= 0.6 is 0 Å². The summed E-state index contributed by atoms with van der Waals surface area (Å²) in [6.45, 7) is 2.58. The van der Waals surface area contributed by atoms with Crippen LogP contribution < -0.4 is 9.47 Å². The van der Waals surface area contributed by atoms with Crippen LogP contribution in [0.2, 0.25) is 0 Å². The van der Waals surface area contributed by atoms with Crippen LogP contribution in [0.25, 0.3) is 11.1 Å². The van der Waals surface area contributed by atoms with E-state index in [-0.39, 0.29) is 6.10 Å². The lowest BCUT2D eigenvalue weighted by Crippen LogP contribution is -2.23. The molecule has 2 saturated carbocycles. The predicted octanol–water partition coefficient (Wildman–Crippen LogP) is 5.78. The van der Waals surface area contributed by atoms with E-state index in [0.29, 0.717) is 5.92 Å². The average Bonchev–Trinajstić information content (AvgIpc) is 3.49. The quantitative estimate of drug-likeness (QED) is 0.538. The highest BCUT2D eigenvalue weighted by Gasteiger charge is 2.27. The van der Waals surface area contributed by atoms with E-state index in [2.05, 4.69) is 0 Å². The van der Waals surface area contributed by atoms with E-state index in [1.54, 1.807) is 6.92 Å². The fraction of sp³-hybridized carbons (Fsp3) is 0.480. The van der Waals surface area contributed by atoms with E-state index in [0.717, 1.165) is 72.3 Å². The second-order valence-corrected chi connectivity index (χ2v) is 8.78. The molecular weight excluding hydrogens is 378 g/mol. The number of nitrogens with zero attached hydrogens (tertiary/aromatic N) is 1. The maximum atomic E-state index is 9.78. The first-order valence-corrected chi connectivity index (χ1v) is 11.1. The summed E-state index contributed by atoms with van der Waals surface area (Å²) in [5.41, 5.74) is 2.46. The minimum atomic E-state index is -0.506. The molecule has 1 aromatic heterocycles. The monoisotopic (exact) mass is 407 g/mol. The van der Waals surface area contributed by atoms with E-state index in [1.165, 1.54) is 12.8 Å². The van der Waals surface area contributed by atoms with E-state index < -0.39 is 6.10 Å². The summed E-state index contributed by atoms with van der Waals surface area (Å²) in [7, 11) is 0. The van der Waals surface area contributed by atoms with Crippen LogP contribution in [0.3, 0.4) is 0 Å². The van der Waals surface area contributed by atoms with Crippen LogP contribution in [-0.2, 0) is 0 Å².